The lowest BCUT2D eigenvalue weighted by Crippen LogP contribution is -2.17. The quantitative estimate of drug-likeness (QED) is 0.844. The molecule has 0 bridgehead atoms. The van der Waals surface area contributed by atoms with Crippen LogP contribution in [-0.2, 0) is 22.1 Å². The Kier molecular flexibility index (Phi) is 3.94. The number of Topliss-reactive ketones (excluding diaryl/α,β-unsaturated/α-hetero) is 1. The molecule has 2 atom stereocenters. The molecular formula is C14H15F3O2. The Morgan fingerprint density at radius 2 is 1.95 bits per heavy atom. The number of halogens is 3. The molecule has 0 aromatic heterocycles. The van der Waals surface area contributed by atoms with Crippen molar-refractivity contribution in [3.05, 3.63) is 35.4 Å². The van der Waals surface area contributed by atoms with Crippen molar-refractivity contribution < 1.29 is 22.7 Å². The lowest BCUT2D eigenvalue weighted by atomic mass is 9.95. The van der Waals surface area contributed by atoms with Crippen molar-refractivity contribution in [2.75, 3.05) is 6.61 Å². The Bertz CT molecular complexity index is 451. The summed E-state index contributed by atoms with van der Waals surface area (Å²) in [6.07, 6.45) is -3.39. The summed E-state index contributed by atoms with van der Waals surface area (Å²) in [5.74, 6) is -0.0959. The molecule has 19 heavy (non-hydrogen) atoms. The summed E-state index contributed by atoms with van der Waals surface area (Å²) in [5, 5.41) is 0. The molecule has 1 heterocycles. The van der Waals surface area contributed by atoms with Crippen molar-refractivity contribution >= 4 is 5.78 Å². The van der Waals surface area contributed by atoms with E-state index in [2.05, 4.69) is 0 Å². The van der Waals surface area contributed by atoms with E-state index in [4.69, 9.17) is 4.74 Å². The third kappa shape index (κ3) is 3.56. The third-order valence-electron chi connectivity index (χ3n) is 3.31. The average Bonchev–Trinajstić information content (AvgIpc) is 2.75. The fraction of sp³-hybridized carbons (Fsp3) is 0.500. The molecule has 1 saturated heterocycles. The van der Waals surface area contributed by atoms with Crippen LogP contribution in [0.15, 0.2) is 24.3 Å². The van der Waals surface area contributed by atoms with Crippen LogP contribution in [0.1, 0.15) is 24.5 Å². The number of ketones is 1. The van der Waals surface area contributed by atoms with Crippen LogP contribution in [0.25, 0.3) is 0 Å². The molecule has 0 saturated carbocycles. The first-order valence-corrected chi connectivity index (χ1v) is 6.16. The van der Waals surface area contributed by atoms with Crippen molar-refractivity contribution in [3.63, 3.8) is 0 Å². The van der Waals surface area contributed by atoms with Gasteiger partial charge in [0.1, 0.15) is 5.78 Å². The molecule has 1 aromatic rings. The molecule has 1 aliphatic heterocycles. The van der Waals surface area contributed by atoms with Crippen molar-refractivity contribution in [1.82, 2.24) is 0 Å². The highest BCUT2D eigenvalue weighted by Gasteiger charge is 2.31. The zero-order valence-electron chi connectivity index (χ0n) is 10.5. The lowest BCUT2D eigenvalue weighted by Gasteiger charge is -2.09. The molecular weight excluding hydrogens is 257 g/mol. The summed E-state index contributed by atoms with van der Waals surface area (Å²) in [6.45, 7) is 2.33. The van der Waals surface area contributed by atoms with Crippen molar-refractivity contribution in [2.45, 2.75) is 32.0 Å². The number of hydrogen-bond acceptors (Lipinski definition) is 2. The van der Waals surface area contributed by atoms with Gasteiger partial charge in [-0.2, -0.15) is 13.2 Å². The zero-order chi connectivity index (χ0) is 14.0. The Hall–Kier alpha value is -1.36. The van der Waals surface area contributed by atoms with E-state index in [9.17, 15) is 18.0 Å². The monoisotopic (exact) mass is 272 g/mol. The van der Waals surface area contributed by atoms with Gasteiger partial charge in [-0.1, -0.05) is 12.1 Å². The molecule has 104 valence electrons. The van der Waals surface area contributed by atoms with Gasteiger partial charge in [0, 0.05) is 12.3 Å². The second-order valence-electron chi connectivity index (χ2n) is 4.91. The number of ether oxygens (including phenoxy) is 1. The van der Waals surface area contributed by atoms with E-state index in [0.717, 1.165) is 12.1 Å². The summed E-state index contributed by atoms with van der Waals surface area (Å²) in [5.41, 5.74) is -0.0842. The topological polar surface area (TPSA) is 26.3 Å². The maximum Gasteiger partial charge on any atom is 0.416 e. The molecule has 1 aliphatic rings. The first-order valence-electron chi connectivity index (χ1n) is 6.16. The predicted molar refractivity (Wildman–Crippen MR) is 63.7 cm³/mol. The summed E-state index contributed by atoms with van der Waals surface area (Å²) in [4.78, 5) is 11.9. The Morgan fingerprint density at radius 3 is 2.42 bits per heavy atom. The normalized spacial score (nSPS) is 23.6. The van der Waals surface area contributed by atoms with Gasteiger partial charge in [0.05, 0.1) is 18.3 Å². The lowest BCUT2D eigenvalue weighted by molar-refractivity contribution is -0.137. The van der Waals surface area contributed by atoms with Gasteiger partial charge in [-0.05, 0) is 31.0 Å². The van der Waals surface area contributed by atoms with E-state index in [0.29, 0.717) is 18.6 Å². The SMILES string of the molecule is CC1CC(C(=O)Cc2ccc(C(F)(F)F)cc2)CO1. The van der Waals surface area contributed by atoms with Gasteiger partial charge in [0.25, 0.3) is 0 Å². The number of benzene rings is 1. The minimum Gasteiger partial charge on any atom is -0.378 e. The van der Waals surface area contributed by atoms with Gasteiger partial charge in [-0.25, -0.2) is 0 Å². The fourth-order valence-corrected chi connectivity index (χ4v) is 2.20. The minimum atomic E-state index is -4.34. The molecule has 1 fully saturated rings. The van der Waals surface area contributed by atoms with E-state index >= 15 is 0 Å². The van der Waals surface area contributed by atoms with Gasteiger partial charge >= 0.3 is 6.18 Å². The smallest absolute Gasteiger partial charge is 0.378 e. The summed E-state index contributed by atoms with van der Waals surface area (Å²) < 4.78 is 42.5. The summed E-state index contributed by atoms with van der Waals surface area (Å²) in [7, 11) is 0. The Balaban J connectivity index is 1.98. The van der Waals surface area contributed by atoms with Crippen molar-refractivity contribution in [2.24, 2.45) is 5.92 Å². The average molecular weight is 272 g/mol. The number of rotatable bonds is 3. The van der Waals surface area contributed by atoms with Crippen molar-refractivity contribution in [1.29, 1.82) is 0 Å². The summed E-state index contributed by atoms with van der Waals surface area (Å²) in [6, 6.07) is 4.74. The molecule has 0 spiro atoms. The van der Waals surface area contributed by atoms with Crippen LogP contribution in [-0.4, -0.2) is 18.5 Å². The number of alkyl halides is 3. The minimum absolute atomic E-state index is 0.0316. The van der Waals surface area contributed by atoms with Crippen LogP contribution >= 0.6 is 0 Å². The highest BCUT2D eigenvalue weighted by atomic mass is 19.4. The second kappa shape index (κ2) is 5.33. The molecule has 0 amide bonds. The largest absolute Gasteiger partial charge is 0.416 e. The van der Waals surface area contributed by atoms with Gasteiger partial charge in [-0.15, -0.1) is 0 Å². The van der Waals surface area contributed by atoms with E-state index in [1.165, 1.54) is 12.1 Å². The van der Waals surface area contributed by atoms with Crippen LogP contribution in [0.4, 0.5) is 13.2 Å². The van der Waals surface area contributed by atoms with E-state index < -0.39 is 11.7 Å². The number of carbonyl (C=O) groups excluding carboxylic acids is 1. The highest BCUT2D eigenvalue weighted by Crippen LogP contribution is 2.29. The Labute approximate surface area is 109 Å². The van der Waals surface area contributed by atoms with E-state index in [1.54, 1.807) is 0 Å². The Morgan fingerprint density at radius 1 is 1.32 bits per heavy atom. The standard InChI is InChI=1S/C14H15F3O2/c1-9-6-11(8-19-9)13(18)7-10-2-4-12(5-3-10)14(15,16)17/h2-5,9,11H,6-8H2,1H3. The number of hydrogen-bond donors (Lipinski definition) is 0. The molecule has 0 N–H and O–H groups in total. The first kappa shape index (κ1) is 14.1. The van der Waals surface area contributed by atoms with E-state index in [-0.39, 0.29) is 24.2 Å². The maximum absolute atomic E-state index is 12.4. The maximum atomic E-state index is 12.4. The zero-order valence-corrected chi connectivity index (χ0v) is 10.5. The first-order chi connectivity index (χ1) is 8.86. The van der Waals surface area contributed by atoms with E-state index in [1.807, 2.05) is 6.92 Å². The van der Waals surface area contributed by atoms with Crippen LogP contribution in [0.5, 0.6) is 0 Å². The predicted octanol–water partition coefficient (Wildman–Crippen LogP) is 3.24. The molecule has 0 radical (unpaired) electrons. The van der Waals surface area contributed by atoms with Gasteiger partial charge < -0.3 is 4.74 Å². The second-order valence-corrected chi connectivity index (χ2v) is 4.91. The molecule has 1 aromatic carbocycles. The van der Waals surface area contributed by atoms with Gasteiger partial charge in [-0.3, -0.25) is 4.79 Å². The molecule has 5 heteroatoms. The molecule has 2 rings (SSSR count). The van der Waals surface area contributed by atoms with Crippen LogP contribution in [0.3, 0.4) is 0 Å². The number of carbonyl (C=O) groups is 1. The molecule has 2 nitrogen and oxygen atoms in total. The van der Waals surface area contributed by atoms with Gasteiger partial charge in [0.15, 0.2) is 0 Å². The van der Waals surface area contributed by atoms with Gasteiger partial charge in [0.2, 0.25) is 0 Å². The van der Waals surface area contributed by atoms with Crippen LogP contribution < -0.4 is 0 Å². The molecule has 2 unspecified atom stereocenters. The highest BCUT2D eigenvalue weighted by molar-refractivity contribution is 5.83. The fourth-order valence-electron chi connectivity index (χ4n) is 2.20. The summed E-state index contributed by atoms with van der Waals surface area (Å²) >= 11 is 0. The molecule has 0 aliphatic carbocycles. The van der Waals surface area contributed by atoms with Crippen LogP contribution in [0.2, 0.25) is 0 Å². The third-order valence-corrected chi connectivity index (χ3v) is 3.31. The van der Waals surface area contributed by atoms with Crippen molar-refractivity contribution in [3.8, 4) is 0 Å². The van der Waals surface area contributed by atoms with Crippen LogP contribution in [0, 0.1) is 5.92 Å².